The Balaban J connectivity index is 2.57. The topological polar surface area (TPSA) is 12.0 Å². The van der Waals surface area contributed by atoms with E-state index in [-0.39, 0.29) is 0 Å². The maximum absolute atomic E-state index is 13.0. The molecule has 0 radical (unpaired) electrons. The molecule has 0 aliphatic carbocycles. The summed E-state index contributed by atoms with van der Waals surface area (Å²) in [6.45, 7) is 3.73. The van der Waals surface area contributed by atoms with Crippen LogP contribution < -0.4 is 5.32 Å². The quantitative estimate of drug-likeness (QED) is 0.608. The summed E-state index contributed by atoms with van der Waals surface area (Å²) in [5.74, 6) is -1.21. The molecule has 1 nitrogen and oxygen atoms in total. The maximum Gasteiger partial charge on any atom is 0.419 e. The number of alkyl halides is 3. The van der Waals surface area contributed by atoms with E-state index < -0.39 is 17.6 Å². The van der Waals surface area contributed by atoms with Crippen LogP contribution in [0.5, 0.6) is 0 Å². The smallest absolute Gasteiger partial charge is 0.317 e. The van der Waals surface area contributed by atoms with E-state index in [1.807, 2.05) is 6.92 Å². The average Bonchev–Trinajstić information content (AvgIpc) is 2.29. The molecule has 0 spiro atoms. The lowest BCUT2D eigenvalue weighted by Crippen LogP contribution is -2.14. The molecule has 1 N–H and O–H groups in total. The summed E-state index contributed by atoms with van der Waals surface area (Å²) in [5, 5.41) is 3.14. The van der Waals surface area contributed by atoms with Gasteiger partial charge in [-0.1, -0.05) is 13.0 Å². The molecule has 0 aliphatic rings. The molecule has 0 heterocycles. The Kier molecular flexibility index (Phi) is 5.59. The first-order chi connectivity index (χ1) is 8.45. The fourth-order valence-corrected chi connectivity index (χ4v) is 1.70. The molecule has 0 amide bonds. The SMILES string of the molecule is CCNCCCCc1ccc(F)c(C(F)(F)F)c1. The highest BCUT2D eigenvalue weighted by Crippen LogP contribution is 2.32. The first kappa shape index (κ1) is 15.0. The Morgan fingerprint density at radius 1 is 1.17 bits per heavy atom. The largest absolute Gasteiger partial charge is 0.419 e. The molecule has 0 aromatic heterocycles. The van der Waals surface area contributed by atoms with Gasteiger partial charge in [0.25, 0.3) is 0 Å². The number of unbranched alkanes of at least 4 members (excludes halogenated alkanes) is 1. The van der Waals surface area contributed by atoms with Gasteiger partial charge in [0.2, 0.25) is 0 Å². The van der Waals surface area contributed by atoms with Crippen molar-refractivity contribution in [1.29, 1.82) is 0 Å². The van der Waals surface area contributed by atoms with Gasteiger partial charge in [-0.05, 0) is 50.0 Å². The number of hydrogen-bond donors (Lipinski definition) is 1. The summed E-state index contributed by atoms with van der Waals surface area (Å²) in [6.07, 6.45) is -2.40. The van der Waals surface area contributed by atoms with Crippen molar-refractivity contribution in [1.82, 2.24) is 5.32 Å². The predicted molar refractivity (Wildman–Crippen MR) is 62.9 cm³/mol. The minimum Gasteiger partial charge on any atom is -0.317 e. The van der Waals surface area contributed by atoms with Crippen LogP contribution in [0.4, 0.5) is 17.6 Å². The molecular weight excluding hydrogens is 246 g/mol. The molecule has 0 aliphatic heterocycles. The monoisotopic (exact) mass is 263 g/mol. The van der Waals surface area contributed by atoms with Crippen LogP contribution in [0.1, 0.15) is 30.9 Å². The lowest BCUT2D eigenvalue weighted by atomic mass is 10.0. The van der Waals surface area contributed by atoms with Crippen LogP contribution in [0, 0.1) is 5.82 Å². The summed E-state index contributed by atoms with van der Waals surface area (Å²) in [6, 6.07) is 3.21. The van der Waals surface area contributed by atoms with Crippen molar-refractivity contribution in [3.63, 3.8) is 0 Å². The Bertz CT molecular complexity index is 374. The van der Waals surface area contributed by atoms with Gasteiger partial charge in [0.1, 0.15) is 5.82 Å². The Labute approximate surface area is 104 Å². The van der Waals surface area contributed by atoms with E-state index in [0.29, 0.717) is 12.0 Å². The highest BCUT2D eigenvalue weighted by atomic mass is 19.4. The van der Waals surface area contributed by atoms with Crippen molar-refractivity contribution in [3.05, 3.63) is 35.1 Å². The Hall–Kier alpha value is -1.10. The lowest BCUT2D eigenvalue weighted by molar-refractivity contribution is -0.140. The van der Waals surface area contributed by atoms with Gasteiger partial charge in [0.15, 0.2) is 0 Å². The lowest BCUT2D eigenvalue weighted by Gasteiger charge is -2.10. The minimum atomic E-state index is -4.62. The van der Waals surface area contributed by atoms with Crippen LogP contribution >= 0.6 is 0 Å². The van der Waals surface area contributed by atoms with E-state index in [9.17, 15) is 17.6 Å². The summed E-state index contributed by atoms with van der Waals surface area (Å²) in [5.41, 5.74) is -0.646. The molecule has 0 saturated carbocycles. The highest BCUT2D eigenvalue weighted by Gasteiger charge is 2.34. The molecule has 1 aromatic rings. The second-order valence-electron chi connectivity index (χ2n) is 4.12. The average molecular weight is 263 g/mol. The zero-order valence-corrected chi connectivity index (χ0v) is 10.3. The van der Waals surface area contributed by atoms with Crippen LogP contribution in [-0.2, 0) is 12.6 Å². The minimum absolute atomic E-state index is 0.528. The summed E-state index contributed by atoms with van der Waals surface area (Å²) >= 11 is 0. The predicted octanol–water partition coefficient (Wildman–Crippen LogP) is 3.78. The summed E-state index contributed by atoms with van der Waals surface area (Å²) in [4.78, 5) is 0. The second-order valence-corrected chi connectivity index (χ2v) is 4.12. The fraction of sp³-hybridized carbons (Fsp3) is 0.538. The second kappa shape index (κ2) is 6.73. The van der Waals surface area contributed by atoms with Crippen molar-refractivity contribution in [2.75, 3.05) is 13.1 Å². The number of rotatable bonds is 6. The molecule has 102 valence electrons. The van der Waals surface area contributed by atoms with E-state index in [1.54, 1.807) is 0 Å². The van der Waals surface area contributed by atoms with Gasteiger partial charge in [-0.3, -0.25) is 0 Å². The number of nitrogens with one attached hydrogen (secondary N) is 1. The number of hydrogen-bond acceptors (Lipinski definition) is 1. The van der Waals surface area contributed by atoms with Gasteiger partial charge in [0.05, 0.1) is 5.56 Å². The third-order valence-electron chi connectivity index (χ3n) is 2.66. The van der Waals surface area contributed by atoms with Crippen LogP contribution in [-0.4, -0.2) is 13.1 Å². The van der Waals surface area contributed by atoms with Crippen LogP contribution in [0.2, 0.25) is 0 Å². The van der Waals surface area contributed by atoms with Crippen molar-refractivity contribution in [3.8, 4) is 0 Å². The Morgan fingerprint density at radius 2 is 1.89 bits per heavy atom. The first-order valence-electron chi connectivity index (χ1n) is 6.01. The maximum atomic E-state index is 13.0. The van der Waals surface area contributed by atoms with Gasteiger partial charge in [-0.25, -0.2) is 4.39 Å². The van der Waals surface area contributed by atoms with Crippen molar-refractivity contribution in [2.45, 2.75) is 32.4 Å². The molecule has 1 rings (SSSR count). The fourth-order valence-electron chi connectivity index (χ4n) is 1.70. The zero-order chi connectivity index (χ0) is 13.6. The van der Waals surface area contributed by atoms with Crippen LogP contribution in [0.3, 0.4) is 0 Å². The van der Waals surface area contributed by atoms with Crippen molar-refractivity contribution < 1.29 is 17.6 Å². The van der Waals surface area contributed by atoms with Gasteiger partial charge in [-0.2, -0.15) is 13.2 Å². The molecule has 5 heteroatoms. The number of benzene rings is 1. The van der Waals surface area contributed by atoms with E-state index in [0.717, 1.165) is 38.1 Å². The summed E-state index contributed by atoms with van der Waals surface area (Å²) < 4.78 is 50.4. The third-order valence-corrected chi connectivity index (χ3v) is 2.66. The first-order valence-corrected chi connectivity index (χ1v) is 6.01. The van der Waals surface area contributed by atoms with E-state index >= 15 is 0 Å². The summed E-state index contributed by atoms with van der Waals surface area (Å²) in [7, 11) is 0. The van der Waals surface area contributed by atoms with Gasteiger partial charge in [-0.15, -0.1) is 0 Å². The number of halogens is 4. The zero-order valence-electron chi connectivity index (χ0n) is 10.3. The van der Waals surface area contributed by atoms with Crippen molar-refractivity contribution >= 4 is 0 Å². The molecule has 0 fully saturated rings. The third kappa shape index (κ3) is 4.64. The standard InChI is InChI=1S/C13H17F4N/c1-2-18-8-4-3-5-10-6-7-12(14)11(9-10)13(15,16)17/h6-7,9,18H,2-5,8H2,1H3. The van der Waals surface area contributed by atoms with Crippen LogP contribution in [0.25, 0.3) is 0 Å². The molecular formula is C13H17F4N. The molecule has 1 aromatic carbocycles. The highest BCUT2D eigenvalue weighted by molar-refractivity contribution is 5.27. The number of aryl methyl sites for hydroxylation is 1. The van der Waals surface area contributed by atoms with Crippen LogP contribution in [0.15, 0.2) is 18.2 Å². The van der Waals surface area contributed by atoms with E-state index in [2.05, 4.69) is 5.32 Å². The normalized spacial score (nSPS) is 11.8. The van der Waals surface area contributed by atoms with Crippen molar-refractivity contribution in [2.24, 2.45) is 0 Å². The molecule has 0 saturated heterocycles. The van der Waals surface area contributed by atoms with E-state index in [4.69, 9.17) is 0 Å². The van der Waals surface area contributed by atoms with Gasteiger partial charge >= 0.3 is 6.18 Å². The van der Waals surface area contributed by atoms with Gasteiger partial charge < -0.3 is 5.32 Å². The Morgan fingerprint density at radius 3 is 2.50 bits per heavy atom. The molecule has 0 bridgehead atoms. The molecule has 0 atom stereocenters. The van der Waals surface area contributed by atoms with Gasteiger partial charge in [0, 0.05) is 0 Å². The molecule has 18 heavy (non-hydrogen) atoms. The van der Waals surface area contributed by atoms with E-state index in [1.165, 1.54) is 6.07 Å². The molecule has 0 unspecified atom stereocenters.